The van der Waals surface area contributed by atoms with Crippen LogP contribution in [-0.2, 0) is 21.4 Å². The maximum absolute atomic E-state index is 12.9. The van der Waals surface area contributed by atoms with Gasteiger partial charge in [0.1, 0.15) is 0 Å². The number of ether oxygens (including phenoxy) is 2. The van der Waals surface area contributed by atoms with Gasteiger partial charge in [-0.25, -0.2) is 13.1 Å². The molecule has 0 fully saturated rings. The molecule has 9 heteroatoms. The van der Waals surface area contributed by atoms with Gasteiger partial charge >= 0.3 is 0 Å². The third-order valence-electron chi connectivity index (χ3n) is 4.67. The van der Waals surface area contributed by atoms with Crippen molar-refractivity contribution in [1.82, 2.24) is 4.72 Å². The minimum absolute atomic E-state index is 0.102. The van der Waals surface area contributed by atoms with Crippen molar-refractivity contribution >= 4 is 33.4 Å². The number of nitrogens with zero attached hydrogens (tertiary/aromatic N) is 1. The zero-order valence-electron chi connectivity index (χ0n) is 17.5. The summed E-state index contributed by atoms with van der Waals surface area (Å²) in [5, 5.41) is 0.247. The second-order valence-electron chi connectivity index (χ2n) is 6.93. The highest BCUT2D eigenvalue weighted by Crippen LogP contribution is 2.39. The maximum atomic E-state index is 12.9. The van der Waals surface area contributed by atoms with Crippen LogP contribution in [0.3, 0.4) is 0 Å². The molecule has 1 aliphatic heterocycles. The summed E-state index contributed by atoms with van der Waals surface area (Å²) in [7, 11) is -2.22. The Morgan fingerprint density at radius 2 is 2.00 bits per heavy atom. The van der Waals surface area contributed by atoms with E-state index in [0.29, 0.717) is 30.3 Å². The lowest BCUT2D eigenvalue weighted by Gasteiger charge is -2.32. The minimum Gasteiger partial charge on any atom is -0.493 e. The van der Waals surface area contributed by atoms with Crippen LogP contribution in [-0.4, -0.2) is 39.8 Å². The summed E-state index contributed by atoms with van der Waals surface area (Å²) in [4.78, 5) is 14.7. The number of nitrogens with one attached hydrogen (secondary N) is 1. The molecule has 1 amide bonds. The zero-order chi connectivity index (χ0) is 21.9. The Morgan fingerprint density at radius 1 is 1.23 bits per heavy atom. The van der Waals surface area contributed by atoms with E-state index < -0.39 is 10.0 Å². The van der Waals surface area contributed by atoms with Crippen LogP contribution in [0, 0.1) is 0 Å². The summed E-state index contributed by atoms with van der Waals surface area (Å²) in [6.07, 6.45) is 0. The van der Waals surface area contributed by atoms with Gasteiger partial charge in [0, 0.05) is 30.2 Å². The molecule has 1 atom stereocenters. The molecule has 0 spiro atoms. The van der Waals surface area contributed by atoms with Crippen LogP contribution in [0.4, 0.5) is 5.69 Å². The van der Waals surface area contributed by atoms with Gasteiger partial charge in [-0.2, -0.15) is 0 Å². The van der Waals surface area contributed by atoms with Gasteiger partial charge in [-0.15, -0.1) is 11.8 Å². The number of carbonyl (C=O) groups excluding carboxylic acids is 1. The fourth-order valence-corrected chi connectivity index (χ4v) is 5.37. The highest BCUT2D eigenvalue weighted by Gasteiger charge is 2.27. The van der Waals surface area contributed by atoms with Gasteiger partial charge in [-0.3, -0.25) is 4.79 Å². The number of amides is 1. The van der Waals surface area contributed by atoms with Gasteiger partial charge in [0.2, 0.25) is 15.9 Å². The first kappa shape index (κ1) is 22.5. The molecule has 0 unspecified atom stereocenters. The first-order chi connectivity index (χ1) is 14.2. The maximum Gasteiger partial charge on any atom is 0.240 e. The molecule has 3 rings (SSSR count). The number of hydrogen-bond donors (Lipinski definition) is 1. The molecule has 1 N–H and O–H groups in total. The summed E-state index contributed by atoms with van der Waals surface area (Å²) < 4.78 is 39.2. The van der Waals surface area contributed by atoms with E-state index >= 15 is 0 Å². The van der Waals surface area contributed by atoms with E-state index in [2.05, 4.69) is 4.72 Å². The largest absolute Gasteiger partial charge is 0.493 e. The van der Waals surface area contributed by atoms with Crippen molar-refractivity contribution in [3.8, 4) is 11.5 Å². The summed E-state index contributed by atoms with van der Waals surface area (Å²) >= 11 is 1.64. The lowest BCUT2D eigenvalue weighted by Crippen LogP contribution is -2.37. The number of sulfonamides is 1. The Bertz CT molecular complexity index is 1040. The predicted molar refractivity (Wildman–Crippen MR) is 118 cm³/mol. The molecule has 0 bridgehead atoms. The minimum atomic E-state index is -3.76. The van der Waals surface area contributed by atoms with Crippen LogP contribution in [0.1, 0.15) is 26.3 Å². The summed E-state index contributed by atoms with van der Waals surface area (Å²) in [6, 6.07) is 10.2. The second kappa shape index (κ2) is 9.28. The van der Waals surface area contributed by atoms with Crippen LogP contribution in [0.2, 0.25) is 0 Å². The standard InChI is InChI=1S/C21H26N2O5S2/c1-5-28-19-8-6-16(10-20(19)27-4)12-22-30(25,26)17-7-9-21-18(11-17)23(15(3)24)13-14(2)29-21/h6-11,14,22H,5,12-13H2,1-4H3/t14-/m1/s1. The van der Waals surface area contributed by atoms with Gasteiger partial charge in [-0.1, -0.05) is 13.0 Å². The molecule has 1 heterocycles. The molecule has 2 aromatic carbocycles. The van der Waals surface area contributed by atoms with Gasteiger partial charge in [0.15, 0.2) is 11.5 Å². The number of hydrogen-bond acceptors (Lipinski definition) is 6. The molecule has 0 saturated heterocycles. The number of carbonyl (C=O) groups is 1. The number of thioether (sulfide) groups is 1. The molecular weight excluding hydrogens is 424 g/mol. The number of anilines is 1. The van der Waals surface area contributed by atoms with Crippen LogP contribution in [0.15, 0.2) is 46.2 Å². The first-order valence-electron chi connectivity index (χ1n) is 9.63. The fourth-order valence-electron chi connectivity index (χ4n) is 3.24. The summed E-state index contributed by atoms with van der Waals surface area (Å²) in [5.74, 6) is 1.05. The topological polar surface area (TPSA) is 84.9 Å². The van der Waals surface area contributed by atoms with Crippen LogP contribution < -0.4 is 19.1 Å². The van der Waals surface area contributed by atoms with E-state index in [1.165, 1.54) is 6.92 Å². The summed E-state index contributed by atoms with van der Waals surface area (Å²) in [5.41, 5.74) is 1.38. The Balaban J connectivity index is 1.81. The Labute approximate surface area is 181 Å². The molecule has 7 nitrogen and oxygen atoms in total. The number of methoxy groups -OCH3 is 1. The van der Waals surface area contributed by atoms with E-state index in [4.69, 9.17) is 9.47 Å². The van der Waals surface area contributed by atoms with E-state index in [-0.39, 0.29) is 22.6 Å². The SMILES string of the molecule is CCOc1ccc(CNS(=O)(=O)c2ccc3c(c2)N(C(C)=O)C[C@@H](C)S3)cc1OC. The lowest BCUT2D eigenvalue weighted by atomic mass is 10.2. The predicted octanol–water partition coefficient (Wildman–Crippen LogP) is 3.42. The Morgan fingerprint density at radius 3 is 2.67 bits per heavy atom. The second-order valence-corrected chi connectivity index (χ2v) is 10.2. The van der Waals surface area contributed by atoms with Gasteiger partial charge < -0.3 is 14.4 Å². The van der Waals surface area contributed by atoms with Crippen LogP contribution in [0.25, 0.3) is 0 Å². The van der Waals surface area contributed by atoms with E-state index in [1.807, 2.05) is 13.8 Å². The third kappa shape index (κ3) is 4.91. The molecule has 30 heavy (non-hydrogen) atoms. The van der Waals surface area contributed by atoms with E-state index in [1.54, 1.807) is 60.2 Å². The van der Waals surface area contributed by atoms with Gasteiger partial charge in [0.05, 0.1) is 24.3 Å². The van der Waals surface area contributed by atoms with Crippen molar-refractivity contribution in [3.63, 3.8) is 0 Å². The third-order valence-corrected chi connectivity index (χ3v) is 7.22. The van der Waals surface area contributed by atoms with Crippen LogP contribution >= 0.6 is 11.8 Å². The molecule has 0 aromatic heterocycles. The number of benzene rings is 2. The van der Waals surface area contributed by atoms with E-state index in [0.717, 1.165) is 10.5 Å². The molecule has 0 saturated carbocycles. The van der Waals surface area contributed by atoms with Crippen molar-refractivity contribution in [1.29, 1.82) is 0 Å². The van der Waals surface area contributed by atoms with E-state index in [9.17, 15) is 13.2 Å². The van der Waals surface area contributed by atoms with Crippen molar-refractivity contribution in [2.75, 3.05) is 25.2 Å². The zero-order valence-corrected chi connectivity index (χ0v) is 19.1. The van der Waals surface area contributed by atoms with Crippen molar-refractivity contribution < 1.29 is 22.7 Å². The smallest absolute Gasteiger partial charge is 0.240 e. The van der Waals surface area contributed by atoms with Crippen LogP contribution in [0.5, 0.6) is 11.5 Å². The fraction of sp³-hybridized carbons (Fsp3) is 0.381. The van der Waals surface area contributed by atoms with Crippen molar-refractivity contribution in [2.45, 2.75) is 42.4 Å². The Hall–Kier alpha value is -2.23. The molecule has 2 aromatic rings. The Kier molecular flexibility index (Phi) is 6.95. The molecule has 162 valence electrons. The quantitative estimate of drug-likeness (QED) is 0.696. The average Bonchev–Trinajstić information content (AvgIpc) is 2.72. The number of fused-ring (bicyclic) bond motifs is 1. The van der Waals surface area contributed by atoms with Gasteiger partial charge in [0.25, 0.3) is 0 Å². The monoisotopic (exact) mass is 450 g/mol. The molecule has 1 aliphatic rings. The highest BCUT2D eigenvalue weighted by molar-refractivity contribution is 8.00. The molecule has 0 aliphatic carbocycles. The average molecular weight is 451 g/mol. The number of rotatable bonds is 7. The lowest BCUT2D eigenvalue weighted by molar-refractivity contribution is -0.116. The summed E-state index contributed by atoms with van der Waals surface area (Å²) in [6.45, 7) is 6.58. The highest BCUT2D eigenvalue weighted by atomic mass is 32.2. The van der Waals surface area contributed by atoms with Gasteiger partial charge in [-0.05, 0) is 42.8 Å². The molecule has 0 radical (unpaired) electrons. The molecular formula is C21H26N2O5S2. The van der Waals surface area contributed by atoms with Crippen molar-refractivity contribution in [2.24, 2.45) is 0 Å². The van der Waals surface area contributed by atoms with Crippen molar-refractivity contribution in [3.05, 3.63) is 42.0 Å². The first-order valence-corrected chi connectivity index (χ1v) is 12.0. The normalized spacial score (nSPS) is 16.1.